The first kappa shape index (κ1) is 13.3. The molecule has 18 heavy (non-hydrogen) atoms. The van der Waals surface area contributed by atoms with Gasteiger partial charge < -0.3 is 10.4 Å². The maximum Gasteiger partial charge on any atom is 0.275 e. The molecule has 0 aromatic heterocycles. The second-order valence-corrected chi connectivity index (χ2v) is 5.02. The van der Waals surface area contributed by atoms with Crippen molar-refractivity contribution >= 4 is 17.3 Å². The largest absolute Gasteiger partial charge is 0.393 e. The third kappa shape index (κ3) is 2.98. The average molecular weight is 271 g/mol. The van der Waals surface area contributed by atoms with Crippen LogP contribution < -0.4 is 5.32 Å². The van der Waals surface area contributed by atoms with Crippen LogP contribution >= 0.6 is 11.6 Å². The molecule has 1 aliphatic rings. The number of nitrogens with zero attached hydrogens (tertiary/aromatic N) is 1. The molecule has 1 aromatic rings. The lowest BCUT2D eigenvalue weighted by molar-refractivity contribution is -0.385. The summed E-state index contributed by atoms with van der Waals surface area (Å²) in [5, 5.41) is 23.6. The van der Waals surface area contributed by atoms with E-state index in [0.29, 0.717) is 23.0 Å². The predicted octanol–water partition coefficient (Wildman–Crippen LogP) is 2.11. The summed E-state index contributed by atoms with van der Waals surface area (Å²) in [4.78, 5) is 10.4. The Morgan fingerprint density at radius 1 is 1.50 bits per heavy atom. The Kier molecular flexibility index (Phi) is 4.16. The van der Waals surface area contributed by atoms with Gasteiger partial charge in [-0.25, -0.2) is 0 Å². The number of aliphatic hydroxyl groups is 1. The Balaban J connectivity index is 1.93. The zero-order chi connectivity index (χ0) is 13.1. The molecule has 0 amide bonds. The van der Waals surface area contributed by atoms with E-state index in [0.717, 1.165) is 19.4 Å². The lowest BCUT2D eigenvalue weighted by atomic mass is 9.82. The molecule has 0 bridgehead atoms. The molecule has 0 spiro atoms. The van der Waals surface area contributed by atoms with Crippen LogP contribution in [0.4, 0.5) is 5.69 Å². The van der Waals surface area contributed by atoms with Crippen molar-refractivity contribution in [3.63, 3.8) is 0 Å². The average Bonchev–Trinajstić information content (AvgIpc) is 2.28. The van der Waals surface area contributed by atoms with E-state index in [2.05, 4.69) is 5.32 Å². The van der Waals surface area contributed by atoms with Crippen molar-refractivity contribution in [2.45, 2.75) is 25.5 Å². The van der Waals surface area contributed by atoms with Crippen molar-refractivity contribution in [3.8, 4) is 0 Å². The van der Waals surface area contributed by atoms with Gasteiger partial charge in [0.1, 0.15) is 0 Å². The normalized spacial score (nSPS) is 22.6. The third-order valence-corrected chi connectivity index (χ3v) is 3.59. The van der Waals surface area contributed by atoms with Gasteiger partial charge in [0, 0.05) is 12.6 Å². The minimum Gasteiger partial charge on any atom is -0.393 e. The smallest absolute Gasteiger partial charge is 0.275 e. The molecule has 0 atom stereocenters. The van der Waals surface area contributed by atoms with Gasteiger partial charge in [0.2, 0.25) is 0 Å². The highest BCUT2D eigenvalue weighted by Gasteiger charge is 2.26. The maximum absolute atomic E-state index is 10.9. The summed E-state index contributed by atoms with van der Waals surface area (Å²) in [5.41, 5.74) is 0.563. The molecule has 1 saturated carbocycles. The molecule has 5 nitrogen and oxygen atoms in total. The van der Waals surface area contributed by atoms with Gasteiger partial charge >= 0.3 is 0 Å². The lowest BCUT2D eigenvalue weighted by Gasteiger charge is -2.31. The Hall–Kier alpha value is -1.17. The fourth-order valence-corrected chi connectivity index (χ4v) is 2.40. The van der Waals surface area contributed by atoms with Gasteiger partial charge in [-0.3, -0.25) is 10.1 Å². The van der Waals surface area contributed by atoms with Crippen LogP contribution in [0.3, 0.4) is 0 Å². The van der Waals surface area contributed by atoms with Crippen LogP contribution in [0.15, 0.2) is 18.2 Å². The molecule has 2 N–H and O–H groups in total. The van der Waals surface area contributed by atoms with Gasteiger partial charge in [-0.05, 0) is 31.4 Å². The summed E-state index contributed by atoms with van der Waals surface area (Å²) >= 11 is 5.98. The topological polar surface area (TPSA) is 75.4 Å². The molecule has 0 aliphatic heterocycles. The van der Waals surface area contributed by atoms with E-state index in [1.807, 2.05) is 0 Å². The molecule has 98 valence electrons. The van der Waals surface area contributed by atoms with Crippen molar-refractivity contribution in [3.05, 3.63) is 38.9 Å². The fourth-order valence-electron chi connectivity index (χ4n) is 2.16. The van der Waals surface area contributed by atoms with Crippen LogP contribution in [0, 0.1) is 16.0 Å². The highest BCUT2D eigenvalue weighted by Crippen LogP contribution is 2.28. The standard InChI is InChI=1S/C12H15ClN2O3/c13-11-2-1-3-12(15(17)18)10(11)7-14-6-8-4-9(16)5-8/h1-3,8-9,14,16H,4-7H2. The highest BCUT2D eigenvalue weighted by molar-refractivity contribution is 6.31. The number of halogens is 1. The minimum atomic E-state index is -0.421. The first-order valence-electron chi connectivity index (χ1n) is 5.88. The number of benzene rings is 1. The van der Waals surface area contributed by atoms with Gasteiger partial charge in [-0.15, -0.1) is 0 Å². The molecular weight excluding hydrogens is 256 g/mol. The first-order chi connectivity index (χ1) is 8.58. The van der Waals surface area contributed by atoms with Crippen LogP contribution in [0.1, 0.15) is 18.4 Å². The molecular formula is C12H15ClN2O3. The van der Waals surface area contributed by atoms with E-state index in [9.17, 15) is 10.1 Å². The fraction of sp³-hybridized carbons (Fsp3) is 0.500. The van der Waals surface area contributed by atoms with Crippen molar-refractivity contribution < 1.29 is 10.0 Å². The number of nitro groups is 1. The maximum atomic E-state index is 10.9. The van der Waals surface area contributed by atoms with Crippen molar-refractivity contribution in [1.29, 1.82) is 0 Å². The molecule has 0 saturated heterocycles. The second kappa shape index (κ2) is 5.65. The predicted molar refractivity (Wildman–Crippen MR) is 68.5 cm³/mol. The van der Waals surface area contributed by atoms with Gasteiger partial charge in [0.05, 0.1) is 21.6 Å². The Morgan fingerprint density at radius 2 is 2.22 bits per heavy atom. The van der Waals surface area contributed by atoms with Crippen LogP contribution in [-0.2, 0) is 6.54 Å². The molecule has 0 radical (unpaired) electrons. The van der Waals surface area contributed by atoms with Crippen LogP contribution in [0.25, 0.3) is 0 Å². The molecule has 2 rings (SSSR count). The summed E-state index contributed by atoms with van der Waals surface area (Å²) in [6.07, 6.45) is 1.43. The Labute approximate surface area is 110 Å². The number of hydrogen-bond donors (Lipinski definition) is 2. The quantitative estimate of drug-likeness (QED) is 0.635. The van der Waals surface area contributed by atoms with E-state index < -0.39 is 4.92 Å². The van der Waals surface area contributed by atoms with Gasteiger partial charge in [-0.1, -0.05) is 17.7 Å². The molecule has 1 aromatic carbocycles. The number of rotatable bonds is 5. The summed E-state index contributed by atoms with van der Waals surface area (Å²) < 4.78 is 0. The second-order valence-electron chi connectivity index (χ2n) is 4.62. The highest BCUT2D eigenvalue weighted by atomic mass is 35.5. The summed E-state index contributed by atoms with van der Waals surface area (Å²) in [6.45, 7) is 1.13. The molecule has 6 heteroatoms. The van der Waals surface area contributed by atoms with E-state index in [4.69, 9.17) is 16.7 Å². The van der Waals surface area contributed by atoms with Gasteiger partial charge in [0.25, 0.3) is 5.69 Å². The first-order valence-corrected chi connectivity index (χ1v) is 6.26. The monoisotopic (exact) mass is 270 g/mol. The molecule has 0 unspecified atom stereocenters. The van der Waals surface area contributed by atoms with Crippen LogP contribution in [0.5, 0.6) is 0 Å². The Morgan fingerprint density at radius 3 is 2.83 bits per heavy atom. The summed E-state index contributed by atoms with van der Waals surface area (Å²) in [6, 6.07) is 4.68. The zero-order valence-electron chi connectivity index (χ0n) is 9.80. The van der Waals surface area contributed by atoms with E-state index in [1.165, 1.54) is 6.07 Å². The van der Waals surface area contributed by atoms with E-state index in [-0.39, 0.29) is 11.8 Å². The zero-order valence-corrected chi connectivity index (χ0v) is 10.6. The van der Waals surface area contributed by atoms with Crippen LogP contribution in [-0.4, -0.2) is 22.7 Å². The molecule has 0 heterocycles. The lowest BCUT2D eigenvalue weighted by Crippen LogP contribution is -2.36. The number of nitrogens with one attached hydrogen (secondary N) is 1. The van der Waals surface area contributed by atoms with E-state index >= 15 is 0 Å². The summed E-state index contributed by atoms with van der Waals surface area (Å²) in [7, 11) is 0. The van der Waals surface area contributed by atoms with Gasteiger partial charge in [-0.2, -0.15) is 0 Å². The SMILES string of the molecule is O=[N+]([O-])c1cccc(Cl)c1CNCC1CC(O)C1. The minimum absolute atomic E-state index is 0.0450. The van der Waals surface area contributed by atoms with Crippen molar-refractivity contribution in [2.75, 3.05) is 6.54 Å². The molecule has 1 aliphatic carbocycles. The number of hydrogen-bond acceptors (Lipinski definition) is 4. The summed E-state index contributed by atoms with van der Waals surface area (Å²) in [5.74, 6) is 0.460. The van der Waals surface area contributed by atoms with E-state index in [1.54, 1.807) is 12.1 Å². The van der Waals surface area contributed by atoms with Crippen molar-refractivity contribution in [1.82, 2.24) is 5.32 Å². The third-order valence-electron chi connectivity index (χ3n) is 3.24. The van der Waals surface area contributed by atoms with Crippen molar-refractivity contribution in [2.24, 2.45) is 5.92 Å². The molecule has 1 fully saturated rings. The number of nitro benzene ring substituents is 1. The number of aliphatic hydroxyl groups excluding tert-OH is 1. The van der Waals surface area contributed by atoms with Gasteiger partial charge in [0.15, 0.2) is 0 Å². The Bertz CT molecular complexity index is 447. The van der Waals surface area contributed by atoms with Crippen LogP contribution in [0.2, 0.25) is 5.02 Å².